The summed E-state index contributed by atoms with van der Waals surface area (Å²) in [5.74, 6) is 0. The van der Waals surface area contributed by atoms with E-state index in [9.17, 15) is 0 Å². The van der Waals surface area contributed by atoms with Crippen LogP contribution in [0.15, 0.2) is 194 Å². The molecular weight excluding hydrogens is 605 g/mol. The van der Waals surface area contributed by atoms with Gasteiger partial charge in [0.1, 0.15) is 0 Å². The molecule has 10 rings (SSSR count). The van der Waals surface area contributed by atoms with Gasteiger partial charge in [0.15, 0.2) is 0 Å². The van der Waals surface area contributed by atoms with Crippen molar-refractivity contribution in [2.45, 2.75) is 0 Å². The molecule has 0 saturated heterocycles. The van der Waals surface area contributed by atoms with Gasteiger partial charge in [0, 0.05) is 38.4 Å². The first-order valence-electron chi connectivity index (χ1n) is 17.2. The van der Waals surface area contributed by atoms with Gasteiger partial charge < -0.3 is 9.13 Å². The van der Waals surface area contributed by atoms with Crippen LogP contribution in [0.3, 0.4) is 0 Å². The van der Waals surface area contributed by atoms with E-state index in [-0.39, 0.29) is 0 Å². The first-order valence-corrected chi connectivity index (χ1v) is 17.2. The maximum absolute atomic E-state index is 2.51. The molecule has 2 heteroatoms. The molecule has 0 unspecified atom stereocenters. The molecule has 0 atom stereocenters. The van der Waals surface area contributed by atoms with E-state index < -0.39 is 0 Å². The van der Waals surface area contributed by atoms with Crippen molar-refractivity contribution in [2.75, 3.05) is 0 Å². The molecule has 10 aromatic rings. The Hall–Kier alpha value is -6.64. The van der Waals surface area contributed by atoms with Crippen molar-refractivity contribution in [2.24, 2.45) is 0 Å². The monoisotopic (exact) mass is 636 g/mol. The second-order valence-corrected chi connectivity index (χ2v) is 12.9. The van der Waals surface area contributed by atoms with E-state index in [1.165, 1.54) is 82.7 Å². The minimum atomic E-state index is 1.15. The van der Waals surface area contributed by atoms with E-state index in [4.69, 9.17) is 0 Å². The van der Waals surface area contributed by atoms with E-state index in [2.05, 4.69) is 203 Å². The highest BCUT2D eigenvalue weighted by Gasteiger charge is 2.23. The molecule has 2 aromatic heterocycles. The average molecular weight is 637 g/mol. The van der Waals surface area contributed by atoms with Crippen molar-refractivity contribution < 1.29 is 0 Å². The fourth-order valence-corrected chi connectivity index (χ4v) is 7.96. The summed E-state index contributed by atoms with van der Waals surface area (Å²) in [6.45, 7) is 0. The molecule has 0 spiro atoms. The van der Waals surface area contributed by atoms with Gasteiger partial charge in [-0.1, -0.05) is 164 Å². The largest absolute Gasteiger partial charge is 0.309 e. The fourth-order valence-electron chi connectivity index (χ4n) is 7.96. The number of rotatable bonds is 5. The standard InChI is InChI=1S/C48H32N2/c1-4-16-33(17-5-1)36-22-14-23-37(32-36)49-43-28-12-10-24-40(43)41-30-31-45-46(48(41)49)42-25-11-13-29-44(42)50(45)47-38(34-18-6-2-7-19-34)26-15-27-39(47)35-20-8-3-9-21-35/h1-32H. The van der Waals surface area contributed by atoms with Crippen LogP contribution in [0.1, 0.15) is 0 Å². The maximum Gasteiger partial charge on any atom is 0.0641 e. The third-order valence-corrected chi connectivity index (χ3v) is 10.1. The zero-order chi connectivity index (χ0) is 33.0. The Morgan fingerprint density at radius 2 is 0.820 bits per heavy atom. The van der Waals surface area contributed by atoms with Crippen molar-refractivity contribution in [1.82, 2.24) is 9.13 Å². The van der Waals surface area contributed by atoms with Gasteiger partial charge in [0.2, 0.25) is 0 Å². The summed E-state index contributed by atoms with van der Waals surface area (Å²) in [5.41, 5.74) is 14.3. The highest BCUT2D eigenvalue weighted by molar-refractivity contribution is 6.26. The Bertz CT molecular complexity index is 2780. The minimum Gasteiger partial charge on any atom is -0.309 e. The van der Waals surface area contributed by atoms with Crippen molar-refractivity contribution in [3.05, 3.63) is 194 Å². The normalized spacial score (nSPS) is 11.6. The summed E-state index contributed by atoms with van der Waals surface area (Å²) in [6.07, 6.45) is 0. The highest BCUT2D eigenvalue weighted by atomic mass is 15.0. The van der Waals surface area contributed by atoms with Gasteiger partial charge in [-0.3, -0.25) is 0 Å². The van der Waals surface area contributed by atoms with Gasteiger partial charge in [-0.25, -0.2) is 0 Å². The molecule has 0 radical (unpaired) electrons. The molecule has 2 nitrogen and oxygen atoms in total. The number of para-hydroxylation sites is 3. The number of hydrogen-bond acceptors (Lipinski definition) is 0. The van der Waals surface area contributed by atoms with Crippen LogP contribution in [-0.2, 0) is 0 Å². The van der Waals surface area contributed by atoms with Crippen LogP contribution in [-0.4, -0.2) is 9.13 Å². The third-order valence-electron chi connectivity index (χ3n) is 10.1. The quantitative estimate of drug-likeness (QED) is 0.178. The van der Waals surface area contributed by atoms with Crippen molar-refractivity contribution in [3.8, 4) is 44.8 Å². The van der Waals surface area contributed by atoms with Crippen LogP contribution in [0, 0.1) is 0 Å². The lowest BCUT2D eigenvalue weighted by Gasteiger charge is -2.19. The molecule has 0 amide bonds. The second-order valence-electron chi connectivity index (χ2n) is 12.9. The van der Waals surface area contributed by atoms with Crippen LogP contribution in [0.4, 0.5) is 0 Å². The third kappa shape index (κ3) is 4.36. The topological polar surface area (TPSA) is 9.86 Å². The zero-order valence-corrected chi connectivity index (χ0v) is 27.4. The SMILES string of the molecule is c1ccc(-c2cccc(-n3c4ccccc4c4ccc5c(c6ccccc6n5-c5c(-c6ccccc6)cccc5-c5ccccc5)c43)c2)cc1. The van der Waals surface area contributed by atoms with Crippen molar-refractivity contribution >= 4 is 43.6 Å². The maximum atomic E-state index is 2.51. The number of nitrogens with zero attached hydrogens (tertiary/aromatic N) is 2. The molecule has 0 aliphatic carbocycles. The number of benzene rings is 8. The van der Waals surface area contributed by atoms with Crippen molar-refractivity contribution in [1.29, 1.82) is 0 Å². The molecular formula is C48H32N2. The molecule has 234 valence electrons. The molecule has 2 heterocycles. The van der Waals surface area contributed by atoms with Gasteiger partial charge in [-0.2, -0.15) is 0 Å². The summed E-state index contributed by atoms with van der Waals surface area (Å²) in [6, 6.07) is 70.4. The van der Waals surface area contributed by atoms with Crippen molar-refractivity contribution in [3.63, 3.8) is 0 Å². The molecule has 0 bridgehead atoms. The summed E-state index contributed by atoms with van der Waals surface area (Å²) in [7, 11) is 0. The van der Waals surface area contributed by atoms with E-state index >= 15 is 0 Å². The Labute approximate surface area is 290 Å². The van der Waals surface area contributed by atoms with Gasteiger partial charge in [-0.05, 0) is 52.6 Å². The predicted octanol–water partition coefficient (Wildman–Crippen LogP) is 12.9. The Kier molecular flexibility index (Phi) is 6.53. The molecule has 50 heavy (non-hydrogen) atoms. The summed E-state index contributed by atoms with van der Waals surface area (Å²) in [4.78, 5) is 0. The van der Waals surface area contributed by atoms with Crippen LogP contribution >= 0.6 is 0 Å². The Balaban J connectivity index is 1.37. The first kappa shape index (κ1) is 28.4. The van der Waals surface area contributed by atoms with E-state index in [1.54, 1.807) is 0 Å². The summed E-state index contributed by atoms with van der Waals surface area (Å²) in [5, 5.41) is 4.99. The molecule has 0 saturated carbocycles. The molecule has 0 N–H and O–H groups in total. The number of hydrogen-bond donors (Lipinski definition) is 0. The fraction of sp³-hybridized carbons (Fsp3) is 0. The number of aromatic nitrogens is 2. The van der Waals surface area contributed by atoms with Gasteiger partial charge in [0.25, 0.3) is 0 Å². The Morgan fingerprint density at radius 3 is 1.48 bits per heavy atom. The van der Waals surface area contributed by atoms with Crippen LogP contribution in [0.25, 0.3) is 88.4 Å². The highest BCUT2D eigenvalue weighted by Crippen LogP contribution is 2.45. The molecule has 0 aliphatic heterocycles. The second kappa shape index (κ2) is 11.5. The summed E-state index contributed by atoms with van der Waals surface area (Å²) < 4.78 is 4.99. The molecule has 8 aromatic carbocycles. The van der Waals surface area contributed by atoms with Crippen LogP contribution in [0.2, 0.25) is 0 Å². The minimum absolute atomic E-state index is 1.15. The van der Waals surface area contributed by atoms with E-state index in [1.807, 2.05) is 0 Å². The van der Waals surface area contributed by atoms with Crippen LogP contribution < -0.4 is 0 Å². The lowest BCUT2D eigenvalue weighted by Crippen LogP contribution is -2.00. The Morgan fingerprint density at radius 1 is 0.300 bits per heavy atom. The first-order chi connectivity index (χ1) is 24.8. The smallest absolute Gasteiger partial charge is 0.0641 e. The lowest BCUT2D eigenvalue weighted by atomic mass is 9.95. The molecule has 0 fully saturated rings. The summed E-state index contributed by atoms with van der Waals surface area (Å²) >= 11 is 0. The zero-order valence-electron chi connectivity index (χ0n) is 27.4. The lowest BCUT2D eigenvalue weighted by molar-refractivity contribution is 1.18. The number of fused-ring (bicyclic) bond motifs is 7. The van der Waals surface area contributed by atoms with Gasteiger partial charge in [0.05, 0.1) is 27.8 Å². The van der Waals surface area contributed by atoms with Gasteiger partial charge in [-0.15, -0.1) is 0 Å². The van der Waals surface area contributed by atoms with Crippen LogP contribution in [0.5, 0.6) is 0 Å². The average Bonchev–Trinajstić information content (AvgIpc) is 3.71. The molecule has 0 aliphatic rings. The van der Waals surface area contributed by atoms with E-state index in [0.717, 1.165) is 5.69 Å². The van der Waals surface area contributed by atoms with E-state index in [0.29, 0.717) is 0 Å². The predicted molar refractivity (Wildman–Crippen MR) is 211 cm³/mol. The van der Waals surface area contributed by atoms with Gasteiger partial charge >= 0.3 is 0 Å².